The van der Waals surface area contributed by atoms with Gasteiger partial charge in [0, 0.05) is 18.5 Å². The lowest BCUT2D eigenvalue weighted by Gasteiger charge is -2.07. The van der Waals surface area contributed by atoms with Gasteiger partial charge in [0.2, 0.25) is 0 Å². The second-order valence-corrected chi connectivity index (χ2v) is 4.43. The number of rotatable bonds is 3. The first-order valence-corrected chi connectivity index (χ1v) is 5.96. The van der Waals surface area contributed by atoms with E-state index in [2.05, 4.69) is 15.0 Å². The first-order chi connectivity index (χ1) is 9.06. The van der Waals surface area contributed by atoms with Crippen molar-refractivity contribution in [2.45, 2.75) is 6.92 Å². The Kier molecular flexibility index (Phi) is 4.29. The average Bonchev–Trinajstić information content (AvgIpc) is 2.36. The molecule has 1 aromatic carbocycles. The Balaban J connectivity index is 2.38. The van der Waals surface area contributed by atoms with E-state index in [-0.39, 0.29) is 27.6 Å². The molecule has 0 saturated heterocycles. The SMILES string of the molecule is CC(Cl)=Nc1cc(Oc2ncccn2)c(Cl)cc1F. The summed E-state index contributed by atoms with van der Waals surface area (Å²) in [6.45, 7) is 1.54. The van der Waals surface area contributed by atoms with Crippen LogP contribution in [0.15, 0.2) is 35.6 Å². The Bertz CT molecular complexity index is 616. The summed E-state index contributed by atoms with van der Waals surface area (Å²) < 4.78 is 18.9. The lowest BCUT2D eigenvalue weighted by Crippen LogP contribution is -1.92. The molecule has 0 aliphatic carbocycles. The Hall–Kier alpha value is -1.72. The van der Waals surface area contributed by atoms with Gasteiger partial charge in [0.25, 0.3) is 0 Å². The van der Waals surface area contributed by atoms with Crippen molar-refractivity contribution in [2.75, 3.05) is 0 Å². The van der Waals surface area contributed by atoms with Gasteiger partial charge in [0.1, 0.15) is 10.9 Å². The molecule has 0 saturated carbocycles. The molecule has 0 aliphatic heterocycles. The van der Waals surface area contributed by atoms with Gasteiger partial charge in [-0.25, -0.2) is 19.4 Å². The van der Waals surface area contributed by atoms with E-state index in [1.807, 2.05) is 0 Å². The van der Waals surface area contributed by atoms with Gasteiger partial charge >= 0.3 is 6.01 Å². The molecular weight excluding hydrogens is 292 g/mol. The van der Waals surface area contributed by atoms with Crippen molar-refractivity contribution < 1.29 is 9.13 Å². The second kappa shape index (κ2) is 5.95. The van der Waals surface area contributed by atoms with Gasteiger partial charge in [-0.2, -0.15) is 0 Å². The maximum Gasteiger partial charge on any atom is 0.321 e. The number of aliphatic imine (C=N–C) groups is 1. The van der Waals surface area contributed by atoms with E-state index < -0.39 is 5.82 Å². The normalized spacial score (nSPS) is 11.5. The molecule has 98 valence electrons. The first kappa shape index (κ1) is 13.7. The van der Waals surface area contributed by atoms with E-state index in [1.54, 1.807) is 6.07 Å². The third-order valence-electron chi connectivity index (χ3n) is 2.02. The van der Waals surface area contributed by atoms with Gasteiger partial charge in [0.15, 0.2) is 11.6 Å². The van der Waals surface area contributed by atoms with Crippen LogP contribution in [0.1, 0.15) is 6.92 Å². The van der Waals surface area contributed by atoms with Crippen molar-refractivity contribution in [2.24, 2.45) is 4.99 Å². The zero-order valence-electron chi connectivity index (χ0n) is 9.77. The van der Waals surface area contributed by atoms with Crippen LogP contribution in [0.4, 0.5) is 10.1 Å². The van der Waals surface area contributed by atoms with Crippen molar-refractivity contribution in [3.63, 3.8) is 0 Å². The molecule has 0 atom stereocenters. The minimum absolute atomic E-state index is 0.0304. The quantitative estimate of drug-likeness (QED) is 0.792. The van der Waals surface area contributed by atoms with Gasteiger partial charge in [-0.15, -0.1) is 0 Å². The Morgan fingerprint density at radius 1 is 1.32 bits per heavy atom. The van der Waals surface area contributed by atoms with Gasteiger partial charge in [-0.3, -0.25) is 0 Å². The van der Waals surface area contributed by atoms with E-state index >= 15 is 0 Å². The Morgan fingerprint density at radius 2 is 2.00 bits per heavy atom. The van der Waals surface area contributed by atoms with Crippen LogP contribution in [-0.2, 0) is 0 Å². The lowest BCUT2D eigenvalue weighted by atomic mass is 10.3. The highest BCUT2D eigenvalue weighted by Gasteiger charge is 2.11. The minimum Gasteiger partial charge on any atom is -0.423 e. The molecular formula is C12H8Cl2FN3O. The van der Waals surface area contributed by atoms with Crippen molar-refractivity contribution in [3.8, 4) is 11.8 Å². The number of benzene rings is 1. The van der Waals surface area contributed by atoms with Crippen LogP contribution < -0.4 is 4.74 Å². The maximum absolute atomic E-state index is 13.6. The zero-order chi connectivity index (χ0) is 13.8. The third kappa shape index (κ3) is 3.62. The van der Waals surface area contributed by atoms with Crippen LogP contribution in [0.5, 0.6) is 11.8 Å². The van der Waals surface area contributed by atoms with Crippen LogP contribution in [-0.4, -0.2) is 15.1 Å². The molecule has 1 aromatic heterocycles. The standard InChI is InChI=1S/C12H8Cl2FN3O/c1-7(13)18-10-6-11(8(14)5-9(10)15)19-12-16-3-2-4-17-12/h2-6H,1H3. The molecule has 0 bridgehead atoms. The summed E-state index contributed by atoms with van der Waals surface area (Å²) in [5.74, 6) is -0.391. The number of aromatic nitrogens is 2. The summed E-state index contributed by atoms with van der Waals surface area (Å²) >= 11 is 11.5. The lowest BCUT2D eigenvalue weighted by molar-refractivity contribution is 0.441. The predicted octanol–water partition coefficient (Wildman–Crippen LogP) is 4.35. The molecule has 0 aliphatic rings. The van der Waals surface area contributed by atoms with Gasteiger partial charge < -0.3 is 4.74 Å². The molecule has 0 spiro atoms. The van der Waals surface area contributed by atoms with Crippen LogP contribution in [0.2, 0.25) is 5.02 Å². The van der Waals surface area contributed by atoms with Crippen LogP contribution in [0.3, 0.4) is 0 Å². The average molecular weight is 300 g/mol. The molecule has 2 aromatic rings. The maximum atomic E-state index is 13.6. The highest BCUT2D eigenvalue weighted by Crippen LogP contribution is 2.34. The summed E-state index contributed by atoms with van der Waals surface area (Å²) in [5, 5.41) is 0.291. The number of hydrogen-bond donors (Lipinski definition) is 0. The summed E-state index contributed by atoms with van der Waals surface area (Å²) in [6, 6.07) is 4.18. The van der Waals surface area contributed by atoms with Crippen molar-refractivity contribution in [1.82, 2.24) is 9.97 Å². The molecule has 0 unspecified atom stereocenters. The zero-order valence-corrected chi connectivity index (χ0v) is 11.3. The molecule has 1 heterocycles. The molecule has 0 amide bonds. The number of nitrogens with zero attached hydrogens (tertiary/aromatic N) is 3. The van der Waals surface area contributed by atoms with Crippen molar-refractivity contribution in [3.05, 3.63) is 41.4 Å². The second-order valence-electron chi connectivity index (χ2n) is 3.48. The molecule has 0 radical (unpaired) electrons. The summed E-state index contributed by atoms with van der Waals surface area (Å²) in [5.41, 5.74) is 0.0304. The van der Waals surface area contributed by atoms with Gasteiger partial charge in [0.05, 0.1) is 5.02 Å². The predicted molar refractivity (Wildman–Crippen MR) is 72.1 cm³/mol. The molecule has 19 heavy (non-hydrogen) atoms. The number of ether oxygens (including phenoxy) is 1. The molecule has 7 heteroatoms. The largest absolute Gasteiger partial charge is 0.423 e. The van der Waals surface area contributed by atoms with Crippen LogP contribution >= 0.6 is 23.2 Å². The molecule has 2 rings (SSSR count). The highest BCUT2D eigenvalue weighted by atomic mass is 35.5. The van der Waals surface area contributed by atoms with Crippen LogP contribution in [0.25, 0.3) is 0 Å². The fraction of sp³-hybridized carbons (Fsp3) is 0.0833. The van der Waals surface area contributed by atoms with E-state index in [0.29, 0.717) is 0 Å². The van der Waals surface area contributed by atoms with E-state index in [0.717, 1.165) is 6.07 Å². The fourth-order valence-corrected chi connectivity index (χ4v) is 1.56. The third-order valence-corrected chi connectivity index (χ3v) is 2.40. The molecule has 4 nitrogen and oxygen atoms in total. The minimum atomic E-state index is -0.591. The summed E-state index contributed by atoms with van der Waals surface area (Å²) in [7, 11) is 0. The van der Waals surface area contributed by atoms with Crippen molar-refractivity contribution >= 4 is 34.1 Å². The van der Waals surface area contributed by atoms with E-state index in [1.165, 1.54) is 25.4 Å². The van der Waals surface area contributed by atoms with E-state index in [4.69, 9.17) is 27.9 Å². The Morgan fingerprint density at radius 3 is 2.63 bits per heavy atom. The molecule has 0 N–H and O–H groups in total. The number of halogens is 3. The topological polar surface area (TPSA) is 47.4 Å². The van der Waals surface area contributed by atoms with Crippen molar-refractivity contribution in [1.29, 1.82) is 0 Å². The smallest absolute Gasteiger partial charge is 0.321 e. The monoisotopic (exact) mass is 299 g/mol. The van der Waals surface area contributed by atoms with E-state index in [9.17, 15) is 4.39 Å². The fourth-order valence-electron chi connectivity index (χ4n) is 1.28. The Labute approximate surface area is 118 Å². The first-order valence-electron chi connectivity index (χ1n) is 5.21. The summed E-state index contributed by atoms with van der Waals surface area (Å²) in [6.07, 6.45) is 3.03. The van der Waals surface area contributed by atoms with Crippen LogP contribution in [0, 0.1) is 5.82 Å². The number of hydrogen-bond acceptors (Lipinski definition) is 4. The highest BCUT2D eigenvalue weighted by molar-refractivity contribution is 6.65. The van der Waals surface area contributed by atoms with Gasteiger partial charge in [-0.1, -0.05) is 23.2 Å². The summed E-state index contributed by atoms with van der Waals surface area (Å²) in [4.78, 5) is 11.6. The van der Waals surface area contributed by atoms with Gasteiger partial charge in [-0.05, 0) is 19.1 Å². The molecule has 0 fully saturated rings.